The maximum Gasteiger partial charge on any atom is 0.228 e. The van der Waals surface area contributed by atoms with Crippen LogP contribution in [-0.2, 0) is 11.2 Å². The molecule has 1 fully saturated rings. The molecular formula is C15H21N3O. The van der Waals surface area contributed by atoms with Gasteiger partial charge in [-0.3, -0.25) is 4.79 Å². The summed E-state index contributed by atoms with van der Waals surface area (Å²) in [5.74, 6) is 0.782. The Morgan fingerprint density at radius 1 is 1.32 bits per heavy atom. The molecule has 1 aromatic rings. The topological polar surface area (TPSA) is 53.2 Å². The number of hydrogen-bond acceptors (Lipinski definition) is 3. The standard InChI is InChI=1S/C15H21N3O/c1-16-15(10-4-6-17-7-5-10)11-2-3-13-12(8-11)9-14(19)18-13/h2-3,8,10,15-17H,4-7,9H2,1H3,(H,18,19). The van der Waals surface area contributed by atoms with Crippen molar-refractivity contribution in [3.05, 3.63) is 29.3 Å². The third-order valence-electron chi connectivity index (χ3n) is 4.28. The molecule has 1 unspecified atom stereocenters. The minimum absolute atomic E-state index is 0.107. The number of amides is 1. The van der Waals surface area contributed by atoms with Crippen molar-refractivity contribution < 1.29 is 4.79 Å². The number of fused-ring (bicyclic) bond motifs is 1. The van der Waals surface area contributed by atoms with E-state index in [0.29, 0.717) is 18.4 Å². The lowest BCUT2D eigenvalue weighted by molar-refractivity contribution is -0.115. The molecule has 1 amide bonds. The molecule has 2 aliphatic rings. The second-order valence-electron chi connectivity index (χ2n) is 5.50. The number of carbonyl (C=O) groups excluding carboxylic acids is 1. The summed E-state index contributed by atoms with van der Waals surface area (Å²) in [6.45, 7) is 2.21. The van der Waals surface area contributed by atoms with E-state index in [1.165, 1.54) is 18.4 Å². The summed E-state index contributed by atoms with van der Waals surface area (Å²) in [6.07, 6.45) is 2.94. The molecule has 1 atom stereocenters. The van der Waals surface area contributed by atoms with Crippen LogP contribution in [0.25, 0.3) is 0 Å². The highest BCUT2D eigenvalue weighted by molar-refractivity contribution is 5.99. The van der Waals surface area contributed by atoms with Gasteiger partial charge in [-0.25, -0.2) is 0 Å². The predicted octanol–water partition coefficient (Wildman–Crippen LogP) is 1.44. The first kappa shape index (κ1) is 12.6. The number of piperidine rings is 1. The molecule has 102 valence electrons. The van der Waals surface area contributed by atoms with Gasteiger partial charge in [-0.2, -0.15) is 0 Å². The van der Waals surface area contributed by atoms with E-state index in [4.69, 9.17) is 0 Å². The molecule has 3 rings (SSSR count). The van der Waals surface area contributed by atoms with Crippen molar-refractivity contribution in [1.29, 1.82) is 0 Å². The third kappa shape index (κ3) is 2.51. The Morgan fingerprint density at radius 2 is 2.11 bits per heavy atom. The Hall–Kier alpha value is -1.39. The largest absolute Gasteiger partial charge is 0.326 e. The lowest BCUT2D eigenvalue weighted by Gasteiger charge is -2.31. The summed E-state index contributed by atoms with van der Waals surface area (Å²) in [5.41, 5.74) is 3.43. The lowest BCUT2D eigenvalue weighted by atomic mass is 9.85. The molecule has 1 saturated heterocycles. The minimum atomic E-state index is 0.107. The first-order chi connectivity index (χ1) is 9.28. The van der Waals surface area contributed by atoms with Crippen LogP contribution in [0.2, 0.25) is 0 Å². The molecule has 4 heteroatoms. The first-order valence-corrected chi connectivity index (χ1v) is 7.08. The van der Waals surface area contributed by atoms with Crippen LogP contribution in [0, 0.1) is 5.92 Å². The Kier molecular flexibility index (Phi) is 3.53. The van der Waals surface area contributed by atoms with E-state index in [-0.39, 0.29) is 5.91 Å². The summed E-state index contributed by atoms with van der Waals surface area (Å²) in [4.78, 5) is 11.4. The van der Waals surface area contributed by atoms with E-state index in [2.05, 4.69) is 28.1 Å². The van der Waals surface area contributed by atoms with Crippen molar-refractivity contribution in [3.63, 3.8) is 0 Å². The molecule has 0 bridgehead atoms. The molecule has 0 radical (unpaired) electrons. The van der Waals surface area contributed by atoms with Gasteiger partial charge in [-0.15, -0.1) is 0 Å². The molecule has 2 heterocycles. The average Bonchev–Trinajstić information content (AvgIpc) is 2.80. The Morgan fingerprint density at radius 3 is 2.84 bits per heavy atom. The van der Waals surface area contributed by atoms with Crippen LogP contribution in [0.5, 0.6) is 0 Å². The fraction of sp³-hybridized carbons (Fsp3) is 0.533. The first-order valence-electron chi connectivity index (χ1n) is 7.08. The zero-order valence-corrected chi connectivity index (χ0v) is 11.3. The highest BCUT2D eigenvalue weighted by Gasteiger charge is 2.25. The fourth-order valence-electron chi connectivity index (χ4n) is 3.29. The molecule has 4 nitrogen and oxygen atoms in total. The van der Waals surface area contributed by atoms with Gasteiger partial charge in [0.1, 0.15) is 0 Å². The van der Waals surface area contributed by atoms with E-state index in [0.717, 1.165) is 24.3 Å². The summed E-state index contributed by atoms with van der Waals surface area (Å²) in [5, 5.41) is 9.76. The number of rotatable bonds is 3. The summed E-state index contributed by atoms with van der Waals surface area (Å²) in [7, 11) is 2.03. The maximum atomic E-state index is 11.4. The molecule has 0 aliphatic carbocycles. The molecule has 0 spiro atoms. The molecule has 0 saturated carbocycles. The smallest absolute Gasteiger partial charge is 0.228 e. The second-order valence-corrected chi connectivity index (χ2v) is 5.50. The van der Waals surface area contributed by atoms with Gasteiger partial charge in [0.05, 0.1) is 6.42 Å². The summed E-state index contributed by atoms with van der Waals surface area (Å²) >= 11 is 0. The monoisotopic (exact) mass is 259 g/mol. The van der Waals surface area contributed by atoms with E-state index >= 15 is 0 Å². The molecule has 1 aromatic carbocycles. The van der Waals surface area contributed by atoms with Gasteiger partial charge in [-0.1, -0.05) is 12.1 Å². The van der Waals surface area contributed by atoms with Crippen LogP contribution >= 0.6 is 0 Å². The predicted molar refractivity (Wildman–Crippen MR) is 76.2 cm³/mol. The van der Waals surface area contributed by atoms with Gasteiger partial charge in [0.25, 0.3) is 0 Å². The van der Waals surface area contributed by atoms with Crippen LogP contribution in [0.4, 0.5) is 5.69 Å². The minimum Gasteiger partial charge on any atom is -0.326 e. The SMILES string of the molecule is CNC(c1ccc2c(c1)CC(=O)N2)C1CCNCC1. The maximum absolute atomic E-state index is 11.4. The highest BCUT2D eigenvalue weighted by Crippen LogP contribution is 2.32. The summed E-state index contributed by atoms with van der Waals surface area (Å²) in [6, 6.07) is 6.77. The summed E-state index contributed by atoms with van der Waals surface area (Å²) < 4.78 is 0. The molecule has 19 heavy (non-hydrogen) atoms. The van der Waals surface area contributed by atoms with Gasteiger partial charge >= 0.3 is 0 Å². The third-order valence-corrected chi connectivity index (χ3v) is 4.28. The van der Waals surface area contributed by atoms with Crippen LogP contribution in [0.1, 0.15) is 30.0 Å². The number of benzene rings is 1. The van der Waals surface area contributed by atoms with E-state index < -0.39 is 0 Å². The van der Waals surface area contributed by atoms with Gasteiger partial charge in [0, 0.05) is 11.7 Å². The fourth-order valence-corrected chi connectivity index (χ4v) is 3.29. The van der Waals surface area contributed by atoms with Gasteiger partial charge in [0.2, 0.25) is 5.91 Å². The van der Waals surface area contributed by atoms with E-state index in [9.17, 15) is 4.79 Å². The van der Waals surface area contributed by atoms with Crippen molar-refractivity contribution in [2.24, 2.45) is 5.92 Å². The quantitative estimate of drug-likeness (QED) is 0.770. The number of carbonyl (C=O) groups is 1. The zero-order chi connectivity index (χ0) is 13.2. The number of hydrogen-bond donors (Lipinski definition) is 3. The second kappa shape index (κ2) is 5.31. The van der Waals surface area contributed by atoms with Crippen LogP contribution in [0.15, 0.2) is 18.2 Å². The van der Waals surface area contributed by atoms with Crippen molar-refractivity contribution in [3.8, 4) is 0 Å². The lowest BCUT2D eigenvalue weighted by Crippen LogP contribution is -2.35. The Bertz CT molecular complexity index is 480. The van der Waals surface area contributed by atoms with Crippen molar-refractivity contribution in [1.82, 2.24) is 10.6 Å². The zero-order valence-electron chi connectivity index (χ0n) is 11.3. The van der Waals surface area contributed by atoms with E-state index in [1.54, 1.807) is 0 Å². The number of nitrogens with one attached hydrogen (secondary N) is 3. The Labute approximate surface area is 114 Å². The van der Waals surface area contributed by atoms with Gasteiger partial charge in [-0.05, 0) is 56.1 Å². The molecule has 2 aliphatic heterocycles. The Balaban J connectivity index is 1.83. The van der Waals surface area contributed by atoms with Gasteiger partial charge < -0.3 is 16.0 Å². The highest BCUT2D eigenvalue weighted by atomic mass is 16.1. The normalized spacial score (nSPS) is 21.0. The van der Waals surface area contributed by atoms with E-state index in [1.807, 2.05) is 13.1 Å². The van der Waals surface area contributed by atoms with Crippen LogP contribution in [-0.4, -0.2) is 26.0 Å². The average molecular weight is 259 g/mol. The van der Waals surface area contributed by atoms with Crippen LogP contribution < -0.4 is 16.0 Å². The molecule has 3 N–H and O–H groups in total. The van der Waals surface area contributed by atoms with Gasteiger partial charge in [0.15, 0.2) is 0 Å². The molecule has 0 aromatic heterocycles. The number of anilines is 1. The van der Waals surface area contributed by atoms with Crippen molar-refractivity contribution >= 4 is 11.6 Å². The van der Waals surface area contributed by atoms with Crippen molar-refractivity contribution in [2.45, 2.75) is 25.3 Å². The van der Waals surface area contributed by atoms with Crippen LogP contribution in [0.3, 0.4) is 0 Å². The van der Waals surface area contributed by atoms with Crippen molar-refractivity contribution in [2.75, 3.05) is 25.5 Å². The molecular weight excluding hydrogens is 238 g/mol.